The van der Waals surface area contributed by atoms with Crippen LogP contribution >= 0.6 is 0 Å². The summed E-state index contributed by atoms with van der Waals surface area (Å²) in [5.74, 6) is -1.50. The number of ether oxygens (including phenoxy) is 1. The summed E-state index contributed by atoms with van der Waals surface area (Å²) in [6, 6.07) is 15.1. The topological polar surface area (TPSA) is 101 Å². The van der Waals surface area contributed by atoms with Crippen molar-refractivity contribution in [1.29, 1.82) is 0 Å². The van der Waals surface area contributed by atoms with Crippen LogP contribution in [0.25, 0.3) is 17.0 Å². The first kappa shape index (κ1) is 21.6. The van der Waals surface area contributed by atoms with Crippen LogP contribution in [0, 0.1) is 0 Å². The Kier molecular flexibility index (Phi) is 5.69. The van der Waals surface area contributed by atoms with Crippen molar-refractivity contribution in [2.45, 2.75) is 6.54 Å². The number of benzene rings is 2. The Labute approximate surface area is 195 Å². The molecule has 0 unspecified atom stereocenters. The molecular weight excluding hydrogens is 436 g/mol. The highest BCUT2D eigenvalue weighted by Crippen LogP contribution is 2.26. The molecule has 0 aliphatic carbocycles. The number of barbiturate groups is 1. The molecule has 34 heavy (non-hydrogen) atoms. The maximum Gasteiger partial charge on any atom is 0.335 e. The first-order chi connectivity index (χ1) is 16.5. The molecule has 2 saturated heterocycles. The van der Waals surface area contributed by atoms with Crippen LogP contribution in [0.4, 0.5) is 10.5 Å². The summed E-state index contributed by atoms with van der Waals surface area (Å²) >= 11 is 0. The number of morpholine rings is 1. The van der Waals surface area contributed by atoms with Crippen LogP contribution in [0.5, 0.6) is 0 Å². The second-order valence-electron chi connectivity index (χ2n) is 8.02. The Hall–Kier alpha value is -4.24. The third kappa shape index (κ3) is 3.97. The zero-order chi connectivity index (χ0) is 23.7. The van der Waals surface area contributed by atoms with Crippen molar-refractivity contribution < 1.29 is 23.9 Å². The molecule has 5 rings (SSSR count). The number of fused-ring (bicyclic) bond motifs is 1. The van der Waals surface area contributed by atoms with Crippen molar-refractivity contribution in [3.05, 3.63) is 71.9 Å². The number of para-hydroxylation sites is 2. The lowest BCUT2D eigenvalue weighted by Crippen LogP contribution is -2.54. The predicted octanol–water partition coefficient (Wildman–Crippen LogP) is 2.17. The Morgan fingerprint density at radius 3 is 2.44 bits per heavy atom. The molecule has 0 saturated carbocycles. The molecule has 2 aromatic carbocycles. The molecule has 0 bridgehead atoms. The molecule has 0 spiro atoms. The average Bonchev–Trinajstić information content (AvgIpc) is 3.20. The molecule has 9 heteroatoms. The minimum atomic E-state index is -0.795. The number of carbonyl (C=O) groups excluding carboxylic acids is 4. The van der Waals surface area contributed by atoms with Gasteiger partial charge < -0.3 is 14.2 Å². The number of anilines is 1. The van der Waals surface area contributed by atoms with E-state index in [0.717, 1.165) is 15.8 Å². The van der Waals surface area contributed by atoms with E-state index in [1.165, 1.54) is 6.08 Å². The van der Waals surface area contributed by atoms with Gasteiger partial charge in [0.05, 0.1) is 18.9 Å². The van der Waals surface area contributed by atoms with Crippen molar-refractivity contribution in [2.75, 3.05) is 31.2 Å². The van der Waals surface area contributed by atoms with Crippen LogP contribution in [0.3, 0.4) is 0 Å². The normalized spacial score (nSPS) is 18.0. The Balaban J connectivity index is 1.50. The predicted molar refractivity (Wildman–Crippen MR) is 125 cm³/mol. The molecule has 9 nitrogen and oxygen atoms in total. The summed E-state index contributed by atoms with van der Waals surface area (Å²) in [5, 5.41) is 3.02. The molecular formula is C25H22N4O5. The van der Waals surface area contributed by atoms with Gasteiger partial charge in [-0.2, -0.15) is 0 Å². The van der Waals surface area contributed by atoms with Crippen molar-refractivity contribution in [3.63, 3.8) is 0 Å². The maximum atomic E-state index is 13.2. The highest BCUT2D eigenvalue weighted by molar-refractivity contribution is 6.39. The van der Waals surface area contributed by atoms with Gasteiger partial charge in [0.2, 0.25) is 5.91 Å². The van der Waals surface area contributed by atoms with Crippen LogP contribution in [0.15, 0.2) is 66.4 Å². The first-order valence-electron chi connectivity index (χ1n) is 10.9. The van der Waals surface area contributed by atoms with E-state index in [-0.39, 0.29) is 18.0 Å². The third-order valence-electron chi connectivity index (χ3n) is 5.90. The van der Waals surface area contributed by atoms with E-state index in [1.54, 1.807) is 41.4 Å². The van der Waals surface area contributed by atoms with E-state index in [0.29, 0.717) is 37.6 Å². The SMILES string of the molecule is O=C1NC(=O)N(c2ccccc2)C(=O)C1=Cc1cn(CC(=O)N2CCOCC2)c2ccccc12. The van der Waals surface area contributed by atoms with Crippen molar-refractivity contribution in [2.24, 2.45) is 0 Å². The Morgan fingerprint density at radius 1 is 0.971 bits per heavy atom. The largest absolute Gasteiger partial charge is 0.378 e. The Bertz CT molecular complexity index is 1320. The van der Waals surface area contributed by atoms with Crippen LogP contribution < -0.4 is 10.2 Å². The van der Waals surface area contributed by atoms with Crippen molar-refractivity contribution >= 4 is 46.4 Å². The summed E-state index contributed by atoms with van der Waals surface area (Å²) in [4.78, 5) is 53.7. The van der Waals surface area contributed by atoms with Gasteiger partial charge in [0.1, 0.15) is 12.1 Å². The molecule has 2 fully saturated rings. The lowest BCUT2D eigenvalue weighted by molar-refractivity contribution is -0.135. The van der Waals surface area contributed by atoms with Crippen LogP contribution in [-0.2, 0) is 25.7 Å². The minimum absolute atomic E-state index is 0.0319. The van der Waals surface area contributed by atoms with Gasteiger partial charge in [0.25, 0.3) is 11.8 Å². The molecule has 3 aromatic rings. The van der Waals surface area contributed by atoms with Crippen LogP contribution in [-0.4, -0.2) is 59.5 Å². The number of nitrogens with one attached hydrogen (secondary N) is 1. The number of rotatable bonds is 4. The van der Waals surface area contributed by atoms with E-state index in [1.807, 2.05) is 28.8 Å². The smallest absolute Gasteiger partial charge is 0.335 e. The molecule has 1 N–H and O–H groups in total. The van der Waals surface area contributed by atoms with E-state index >= 15 is 0 Å². The van der Waals surface area contributed by atoms with Gasteiger partial charge in [-0.05, 0) is 24.3 Å². The summed E-state index contributed by atoms with van der Waals surface area (Å²) in [6.45, 7) is 2.26. The number of hydrogen-bond acceptors (Lipinski definition) is 5. The van der Waals surface area contributed by atoms with Gasteiger partial charge in [-0.1, -0.05) is 36.4 Å². The van der Waals surface area contributed by atoms with E-state index in [4.69, 9.17) is 4.74 Å². The van der Waals surface area contributed by atoms with Crippen molar-refractivity contribution in [3.8, 4) is 0 Å². The highest BCUT2D eigenvalue weighted by Gasteiger charge is 2.37. The van der Waals surface area contributed by atoms with Crippen LogP contribution in [0.1, 0.15) is 5.56 Å². The second kappa shape index (κ2) is 8.95. The second-order valence-corrected chi connectivity index (χ2v) is 8.02. The fourth-order valence-corrected chi connectivity index (χ4v) is 4.20. The van der Waals surface area contributed by atoms with E-state index < -0.39 is 17.8 Å². The third-order valence-corrected chi connectivity index (χ3v) is 5.90. The van der Waals surface area contributed by atoms with Gasteiger partial charge in [-0.25, -0.2) is 9.69 Å². The summed E-state index contributed by atoms with van der Waals surface area (Å²) < 4.78 is 7.13. The molecule has 0 atom stereocenters. The van der Waals surface area contributed by atoms with Crippen LogP contribution in [0.2, 0.25) is 0 Å². The number of imide groups is 2. The maximum absolute atomic E-state index is 13.2. The zero-order valence-electron chi connectivity index (χ0n) is 18.3. The monoisotopic (exact) mass is 458 g/mol. The summed E-state index contributed by atoms with van der Waals surface area (Å²) in [5.41, 5.74) is 1.61. The number of urea groups is 1. The first-order valence-corrected chi connectivity index (χ1v) is 10.9. The number of carbonyl (C=O) groups is 4. The summed E-state index contributed by atoms with van der Waals surface area (Å²) in [6.07, 6.45) is 3.22. The Morgan fingerprint density at radius 2 is 1.68 bits per heavy atom. The summed E-state index contributed by atoms with van der Waals surface area (Å²) in [7, 11) is 0. The molecule has 1 aromatic heterocycles. The molecule has 5 amide bonds. The lowest BCUT2D eigenvalue weighted by atomic mass is 10.1. The lowest BCUT2D eigenvalue weighted by Gasteiger charge is -2.27. The average molecular weight is 458 g/mol. The number of hydrogen-bond donors (Lipinski definition) is 1. The van der Waals surface area contributed by atoms with E-state index in [2.05, 4.69) is 5.32 Å². The highest BCUT2D eigenvalue weighted by atomic mass is 16.5. The van der Waals surface area contributed by atoms with Crippen molar-refractivity contribution in [1.82, 2.24) is 14.8 Å². The fraction of sp³-hybridized carbons (Fsp3) is 0.200. The van der Waals surface area contributed by atoms with Gasteiger partial charge in [-0.15, -0.1) is 0 Å². The zero-order valence-corrected chi connectivity index (χ0v) is 18.3. The minimum Gasteiger partial charge on any atom is -0.378 e. The molecule has 3 heterocycles. The fourth-order valence-electron chi connectivity index (χ4n) is 4.20. The van der Waals surface area contributed by atoms with E-state index in [9.17, 15) is 19.2 Å². The molecule has 2 aliphatic heterocycles. The quantitative estimate of drug-likeness (QED) is 0.477. The number of amides is 5. The number of aromatic nitrogens is 1. The molecule has 2 aliphatic rings. The van der Waals surface area contributed by atoms with Gasteiger partial charge in [0.15, 0.2) is 0 Å². The number of nitrogens with zero attached hydrogens (tertiary/aromatic N) is 3. The van der Waals surface area contributed by atoms with Gasteiger partial charge in [0, 0.05) is 35.8 Å². The molecule has 172 valence electrons. The molecule has 0 radical (unpaired) electrons. The van der Waals surface area contributed by atoms with Gasteiger partial charge >= 0.3 is 6.03 Å². The van der Waals surface area contributed by atoms with Gasteiger partial charge in [-0.3, -0.25) is 19.7 Å². The standard InChI is InChI=1S/C25H22N4O5/c30-22(27-10-12-34-13-11-27)16-28-15-17(19-8-4-5-9-21(19)28)14-20-23(31)26-25(33)29(24(20)32)18-6-2-1-3-7-18/h1-9,14-15H,10-13,16H2,(H,26,31,33).